The molecule has 2 N–H and O–H groups in total. The summed E-state index contributed by atoms with van der Waals surface area (Å²) in [4.78, 5) is 28.1. The van der Waals surface area contributed by atoms with Crippen molar-refractivity contribution >= 4 is 55.0 Å². The molecular weight excluding hydrogens is 502 g/mol. The van der Waals surface area contributed by atoms with E-state index in [0.717, 1.165) is 0 Å². The van der Waals surface area contributed by atoms with Crippen LogP contribution in [0.3, 0.4) is 0 Å². The first-order valence-corrected chi connectivity index (χ1v) is 10.5. The van der Waals surface area contributed by atoms with Gasteiger partial charge in [0.25, 0.3) is 11.8 Å². The van der Waals surface area contributed by atoms with E-state index >= 15 is 0 Å². The van der Waals surface area contributed by atoms with Crippen LogP contribution in [0, 0.1) is 0 Å². The molecule has 3 rings (SSSR count). The molecule has 1 heterocycles. The van der Waals surface area contributed by atoms with E-state index in [1.807, 2.05) is 43.0 Å². The van der Waals surface area contributed by atoms with Crippen LogP contribution in [0.1, 0.15) is 13.8 Å². The third kappa shape index (κ3) is 4.64. The van der Waals surface area contributed by atoms with Gasteiger partial charge in [-0.3, -0.25) is 9.59 Å². The van der Waals surface area contributed by atoms with Crippen LogP contribution in [0.15, 0.2) is 68.9 Å². The summed E-state index contributed by atoms with van der Waals surface area (Å²) in [5.74, 6) is -0.869. The van der Waals surface area contributed by atoms with Gasteiger partial charge in [0.2, 0.25) is 5.88 Å². The molecule has 0 unspecified atom stereocenters. The van der Waals surface area contributed by atoms with Gasteiger partial charge < -0.3 is 20.3 Å². The minimum absolute atomic E-state index is 0.0930. The van der Waals surface area contributed by atoms with E-state index in [1.54, 1.807) is 31.3 Å². The molecule has 0 aliphatic carbocycles. The fourth-order valence-electron chi connectivity index (χ4n) is 2.75. The number of carbonyl (C=O) groups excluding carboxylic acids is 2. The molecule has 0 spiro atoms. The fourth-order valence-corrected chi connectivity index (χ4v) is 3.51. The minimum Gasteiger partial charge on any atom is -0.476 e. The quantitative estimate of drug-likeness (QED) is 0.345. The zero-order valence-electron chi connectivity index (χ0n) is 16.3. The number of ether oxygens (including phenoxy) is 1. The number of anilines is 2. The molecule has 2 aromatic carbocycles. The topological polar surface area (TPSA) is 70.7 Å². The normalized spacial score (nSPS) is 14.9. The zero-order valence-corrected chi connectivity index (χ0v) is 19.4. The summed E-state index contributed by atoms with van der Waals surface area (Å²) in [6.07, 6.45) is 0. The Balaban J connectivity index is 1.98. The molecule has 0 bridgehead atoms. The van der Waals surface area contributed by atoms with E-state index in [1.165, 1.54) is 0 Å². The van der Waals surface area contributed by atoms with Crippen LogP contribution in [-0.4, -0.2) is 35.9 Å². The summed E-state index contributed by atoms with van der Waals surface area (Å²) in [7, 11) is 1.81. The highest BCUT2D eigenvalue weighted by Crippen LogP contribution is 2.31. The Bertz CT molecular complexity index is 927. The van der Waals surface area contributed by atoms with Crippen molar-refractivity contribution in [1.82, 2.24) is 4.90 Å². The molecule has 0 radical (unpaired) electrons. The highest BCUT2D eigenvalue weighted by Gasteiger charge is 2.39. The Morgan fingerprint density at radius 3 is 1.76 bits per heavy atom. The maximum Gasteiger partial charge on any atom is 0.266 e. The maximum absolute atomic E-state index is 13.2. The fraction of sp³-hybridized carbons (Fsp3) is 0.238. The van der Waals surface area contributed by atoms with Gasteiger partial charge in [-0.25, -0.2) is 0 Å². The van der Waals surface area contributed by atoms with Gasteiger partial charge >= 0.3 is 0 Å². The summed E-state index contributed by atoms with van der Waals surface area (Å²) in [5, 5.41) is 5.59. The Kier molecular flexibility index (Phi) is 6.33. The van der Waals surface area contributed by atoms with Crippen LogP contribution in [-0.2, 0) is 14.3 Å². The number of hydrogen-bond acceptors (Lipinski definition) is 4. The van der Waals surface area contributed by atoms with Crippen molar-refractivity contribution in [3.63, 3.8) is 0 Å². The maximum atomic E-state index is 13.2. The van der Waals surface area contributed by atoms with Gasteiger partial charge in [0, 0.05) is 16.0 Å². The van der Waals surface area contributed by atoms with Crippen molar-refractivity contribution in [3.8, 4) is 0 Å². The molecule has 0 aromatic heterocycles. The third-order valence-corrected chi connectivity index (χ3v) is 6.07. The van der Waals surface area contributed by atoms with Crippen LogP contribution in [0.4, 0.5) is 11.4 Å². The SMILES string of the molecule is CN1C(=C(C(=O)Nc2ccccc2Br)C(=O)Nc2ccccc2Br)OCC1(C)C. The first-order valence-electron chi connectivity index (χ1n) is 8.93. The van der Waals surface area contributed by atoms with Crippen molar-refractivity contribution in [1.29, 1.82) is 0 Å². The molecule has 2 aromatic rings. The number of likely N-dealkylation sites (N-methyl/N-ethyl adjacent to an activating group) is 1. The predicted octanol–water partition coefficient (Wildman–Crippen LogP) is 4.74. The lowest BCUT2D eigenvalue weighted by atomic mass is 10.1. The number of benzene rings is 2. The van der Waals surface area contributed by atoms with E-state index in [9.17, 15) is 9.59 Å². The summed E-state index contributed by atoms with van der Waals surface area (Å²) >= 11 is 6.82. The Morgan fingerprint density at radius 1 is 0.931 bits per heavy atom. The van der Waals surface area contributed by atoms with E-state index < -0.39 is 11.8 Å². The van der Waals surface area contributed by atoms with Gasteiger partial charge in [-0.05, 0) is 70.0 Å². The largest absolute Gasteiger partial charge is 0.476 e. The molecule has 1 saturated heterocycles. The monoisotopic (exact) mass is 521 g/mol. The number of carbonyl (C=O) groups is 2. The number of amides is 2. The lowest BCUT2D eigenvalue weighted by molar-refractivity contribution is -0.119. The first-order chi connectivity index (χ1) is 13.7. The minimum atomic E-state index is -0.555. The van der Waals surface area contributed by atoms with E-state index in [4.69, 9.17) is 4.74 Å². The van der Waals surface area contributed by atoms with Gasteiger partial charge in [-0.15, -0.1) is 0 Å². The van der Waals surface area contributed by atoms with Crippen LogP contribution in [0.2, 0.25) is 0 Å². The summed E-state index contributed by atoms with van der Waals surface area (Å²) in [5.41, 5.74) is 0.680. The van der Waals surface area contributed by atoms with Crippen molar-refractivity contribution in [2.45, 2.75) is 19.4 Å². The molecule has 6 nitrogen and oxygen atoms in total. The molecule has 152 valence electrons. The van der Waals surface area contributed by atoms with Crippen LogP contribution in [0.25, 0.3) is 0 Å². The van der Waals surface area contributed by atoms with Gasteiger partial charge in [-0.2, -0.15) is 0 Å². The van der Waals surface area contributed by atoms with Crippen molar-refractivity contribution in [2.75, 3.05) is 24.3 Å². The smallest absolute Gasteiger partial charge is 0.266 e. The number of rotatable bonds is 4. The summed E-state index contributed by atoms with van der Waals surface area (Å²) in [6.45, 7) is 4.33. The third-order valence-electron chi connectivity index (χ3n) is 4.69. The van der Waals surface area contributed by atoms with Gasteiger partial charge in [0.15, 0.2) is 5.57 Å². The molecule has 1 fully saturated rings. The van der Waals surface area contributed by atoms with Crippen LogP contribution >= 0.6 is 31.9 Å². The molecule has 0 saturated carbocycles. The molecule has 29 heavy (non-hydrogen) atoms. The lowest BCUT2D eigenvalue weighted by Gasteiger charge is -2.26. The van der Waals surface area contributed by atoms with E-state index in [0.29, 0.717) is 26.9 Å². The number of hydrogen-bond donors (Lipinski definition) is 2. The number of halogens is 2. The summed E-state index contributed by atoms with van der Waals surface area (Å²) < 4.78 is 7.21. The second-order valence-electron chi connectivity index (χ2n) is 7.21. The molecule has 8 heteroatoms. The molecule has 0 atom stereocenters. The molecular formula is C21H21Br2N3O3. The zero-order chi connectivity index (χ0) is 21.2. The van der Waals surface area contributed by atoms with Gasteiger partial charge in [0.1, 0.15) is 6.61 Å². The standard InChI is InChI=1S/C21H21Br2N3O3/c1-21(2)12-29-20(26(21)3)17(18(27)24-15-10-6-4-8-13(15)22)19(28)25-16-11-7-5-9-14(16)23/h4-11H,12H2,1-3H3,(H,24,27)(H,25,28). The van der Waals surface area contributed by atoms with Crippen molar-refractivity contribution in [2.24, 2.45) is 0 Å². The highest BCUT2D eigenvalue weighted by atomic mass is 79.9. The van der Waals surface area contributed by atoms with Crippen molar-refractivity contribution in [3.05, 3.63) is 68.9 Å². The first kappa shape index (κ1) is 21.4. The molecule has 1 aliphatic heterocycles. The van der Waals surface area contributed by atoms with Gasteiger partial charge in [0.05, 0.1) is 16.9 Å². The van der Waals surface area contributed by atoms with Gasteiger partial charge in [-0.1, -0.05) is 24.3 Å². The Morgan fingerprint density at radius 2 is 1.38 bits per heavy atom. The summed E-state index contributed by atoms with van der Waals surface area (Å²) in [6, 6.07) is 14.4. The average Bonchev–Trinajstić information content (AvgIpc) is 2.93. The Labute approximate surface area is 186 Å². The molecule has 2 amide bonds. The number of nitrogens with zero attached hydrogens (tertiary/aromatic N) is 1. The van der Waals surface area contributed by atoms with Crippen molar-refractivity contribution < 1.29 is 14.3 Å². The Hall–Kier alpha value is -2.32. The number of para-hydroxylation sites is 2. The second kappa shape index (κ2) is 8.59. The van der Waals surface area contributed by atoms with E-state index in [-0.39, 0.29) is 17.0 Å². The number of nitrogens with one attached hydrogen (secondary N) is 2. The van der Waals surface area contributed by atoms with Crippen LogP contribution in [0.5, 0.6) is 0 Å². The highest BCUT2D eigenvalue weighted by molar-refractivity contribution is 9.11. The molecule has 1 aliphatic rings. The average molecular weight is 523 g/mol. The second-order valence-corrected chi connectivity index (χ2v) is 8.92. The predicted molar refractivity (Wildman–Crippen MR) is 120 cm³/mol. The van der Waals surface area contributed by atoms with E-state index in [2.05, 4.69) is 42.5 Å². The lowest BCUT2D eigenvalue weighted by Crippen LogP contribution is -2.38. The van der Waals surface area contributed by atoms with Crippen LogP contribution < -0.4 is 10.6 Å².